The van der Waals surface area contributed by atoms with Crippen LogP contribution in [-0.4, -0.2) is 43.6 Å². The third kappa shape index (κ3) is 5.06. The largest absolute Gasteiger partial charge is 0.457 e. The molecule has 1 amide bonds. The van der Waals surface area contributed by atoms with E-state index >= 15 is 0 Å². The molecule has 1 aliphatic rings. The number of carbonyl (C=O) groups is 1. The van der Waals surface area contributed by atoms with E-state index in [1.165, 1.54) is 6.33 Å². The molecule has 1 fully saturated rings. The molecule has 4 aromatic rings. The van der Waals surface area contributed by atoms with Crippen molar-refractivity contribution in [3.63, 3.8) is 0 Å². The maximum atomic E-state index is 13.1. The van der Waals surface area contributed by atoms with Gasteiger partial charge < -0.3 is 15.4 Å². The number of fused-ring (bicyclic) bond motifs is 1. The van der Waals surface area contributed by atoms with Gasteiger partial charge in [0.2, 0.25) is 5.70 Å². The van der Waals surface area contributed by atoms with E-state index in [4.69, 9.17) is 22.1 Å². The molecule has 5 rings (SSSR count). The second-order valence-corrected chi connectivity index (χ2v) is 9.65. The molecule has 9 nitrogen and oxygen atoms in total. The van der Waals surface area contributed by atoms with E-state index in [0.29, 0.717) is 41.4 Å². The number of piperidine rings is 1. The third-order valence-electron chi connectivity index (χ3n) is 6.49. The van der Waals surface area contributed by atoms with Crippen LogP contribution in [0, 0.1) is 12.5 Å². The predicted molar refractivity (Wildman–Crippen MR) is 146 cm³/mol. The Morgan fingerprint density at radius 1 is 1.13 bits per heavy atom. The van der Waals surface area contributed by atoms with Gasteiger partial charge in [-0.3, -0.25) is 4.79 Å². The van der Waals surface area contributed by atoms with Crippen molar-refractivity contribution in [3.8, 4) is 22.8 Å². The Morgan fingerprint density at radius 2 is 1.87 bits per heavy atom. The highest BCUT2D eigenvalue weighted by Gasteiger charge is 2.30. The van der Waals surface area contributed by atoms with Crippen LogP contribution in [0.1, 0.15) is 32.7 Å². The number of allylic oxidation sites excluding steroid dienone is 1. The average molecular weight is 508 g/mol. The number of carbonyl (C=O) groups excluding carboxylic acids is 1. The van der Waals surface area contributed by atoms with Gasteiger partial charge in [0.05, 0.1) is 18.0 Å². The van der Waals surface area contributed by atoms with Crippen LogP contribution in [0.2, 0.25) is 0 Å². The molecule has 3 heterocycles. The Hall–Kier alpha value is -4.71. The monoisotopic (exact) mass is 507 g/mol. The minimum atomic E-state index is -0.238. The number of nitrogens with two attached hydrogens (primary N) is 1. The van der Waals surface area contributed by atoms with Gasteiger partial charge in [0, 0.05) is 18.7 Å². The molecule has 2 N–H and O–H groups in total. The summed E-state index contributed by atoms with van der Waals surface area (Å²) in [6, 6.07) is 17.1. The second-order valence-electron chi connectivity index (χ2n) is 9.65. The number of anilines is 1. The molecule has 1 atom stereocenters. The van der Waals surface area contributed by atoms with Gasteiger partial charge in [0.15, 0.2) is 5.65 Å². The van der Waals surface area contributed by atoms with E-state index in [1.54, 1.807) is 11.0 Å². The molecular weight excluding hydrogens is 478 g/mol. The highest BCUT2D eigenvalue weighted by molar-refractivity contribution is 5.98. The minimum Gasteiger partial charge on any atom is -0.457 e. The molecule has 192 valence electrons. The lowest BCUT2D eigenvalue weighted by atomic mass is 10.0. The summed E-state index contributed by atoms with van der Waals surface area (Å²) in [7, 11) is 0. The third-order valence-corrected chi connectivity index (χ3v) is 6.49. The SMILES string of the molecule is [C-]#[N+]/C(=C\C(C)C)C(=O)N1CCC[C@@H](n2nc(-c3ccc(Oc4ccccc4)cc3)c3c(N)ncnc32)C1. The summed E-state index contributed by atoms with van der Waals surface area (Å²) >= 11 is 0. The Labute approximate surface area is 221 Å². The molecule has 0 bridgehead atoms. The van der Waals surface area contributed by atoms with Gasteiger partial charge in [-0.15, -0.1) is 0 Å². The number of aromatic nitrogens is 4. The fourth-order valence-corrected chi connectivity index (χ4v) is 4.73. The number of para-hydroxylation sites is 1. The van der Waals surface area contributed by atoms with Crippen LogP contribution in [0.25, 0.3) is 27.1 Å². The number of hydrogen-bond donors (Lipinski definition) is 1. The van der Waals surface area contributed by atoms with E-state index in [2.05, 4.69) is 14.8 Å². The van der Waals surface area contributed by atoms with Crippen molar-refractivity contribution in [2.24, 2.45) is 5.92 Å². The van der Waals surface area contributed by atoms with Crippen molar-refractivity contribution < 1.29 is 9.53 Å². The van der Waals surface area contributed by atoms with Crippen LogP contribution in [0.4, 0.5) is 5.82 Å². The van der Waals surface area contributed by atoms with Gasteiger partial charge >= 0.3 is 0 Å². The number of amides is 1. The van der Waals surface area contributed by atoms with Gasteiger partial charge in [0.25, 0.3) is 5.91 Å². The van der Waals surface area contributed by atoms with Crippen molar-refractivity contribution in [2.75, 3.05) is 18.8 Å². The van der Waals surface area contributed by atoms with Crippen LogP contribution in [-0.2, 0) is 4.79 Å². The summed E-state index contributed by atoms with van der Waals surface area (Å²) in [6.45, 7) is 12.4. The van der Waals surface area contributed by atoms with Crippen molar-refractivity contribution in [1.82, 2.24) is 24.6 Å². The van der Waals surface area contributed by atoms with Crippen molar-refractivity contribution in [3.05, 3.63) is 84.1 Å². The number of hydrogen-bond acceptors (Lipinski definition) is 6. The smallest absolute Gasteiger partial charge is 0.252 e. The standard InChI is InChI=1S/C29H29N7O2/c1-19(2)16-24(31-3)29(37)35-15-7-8-21(17-35)36-28-25(27(30)32-18-33-28)26(34-36)20-11-13-23(14-12-20)38-22-9-5-4-6-10-22/h4-6,9-14,16,18-19,21H,7-8,15,17H2,1-2H3,(H2,30,32,33)/b24-16-/t21-/m1/s1. The highest BCUT2D eigenvalue weighted by atomic mass is 16.5. The van der Waals surface area contributed by atoms with Crippen LogP contribution >= 0.6 is 0 Å². The highest BCUT2D eigenvalue weighted by Crippen LogP contribution is 2.35. The van der Waals surface area contributed by atoms with Gasteiger partial charge in [-0.05, 0) is 55.2 Å². The Morgan fingerprint density at radius 3 is 2.58 bits per heavy atom. The molecule has 0 spiro atoms. The first kappa shape index (κ1) is 25.0. The zero-order valence-corrected chi connectivity index (χ0v) is 21.4. The van der Waals surface area contributed by atoms with Crippen LogP contribution in [0.5, 0.6) is 11.5 Å². The number of benzene rings is 2. The van der Waals surface area contributed by atoms with Crippen molar-refractivity contribution in [1.29, 1.82) is 0 Å². The molecule has 0 aliphatic carbocycles. The number of ether oxygens (including phenoxy) is 1. The van der Waals surface area contributed by atoms with E-state index < -0.39 is 0 Å². The molecule has 2 aromatic carbocycles. The average Bonchev–Trinajstić information content (AvgIpc) is 3.33. The van der Waals surface area contributed by atoms with E-state index in [9.17, 15) is 4.79 Å². The van der Waals surface area contributed by atoms with Gasteiger partial charge in [-0.25, -0.2) is 19.5 Å². The number of nitrogen functional groups attached to an aromatic ring is 1. The summed E-state index contributed by atoms with van der Waals surface area (Å²) < 4.78 is 7.79. The van der Waals surface area contributed by atoms with E-state index in [1.807, 2.05) is 73.1 Å². The first-order valence-electron chi connectivity index (χ1n) is 12.6. The molecule has 0 saturated carbocycles. The molecule has 0 unspecified atom stereocenters. The molecule has 38 heavy (non-hydrogen) atoms. The second kappa shape index (κ2) is 10.7. The number of nitrogens with zero attached hydrogens (tertiary/aromatic N) is 6. The van der Waals surface area contributed by atoms with E-state index in [0.717, 1.165) is 24.2 Å². The quantitative estimate of drug-likeness (QED) is 0.273. The Balaban J connectivity index is 1.46. The topological polar surface area (TPSA) is 104 Å². The fourth-order valence-electron chi connectivity index (χ4n) is 4.73. The normalized spacial score (nSPS) is 16.0. The lowest BCUT2D eigenvalue weighted by Gasteiger charge is -2.33. The zero-order valence-electron chi connectivity index (χ0n) is 21.4. The summed E-state index contributed by atoms with van der Waals surface area (Å²) in [5, 5.41) is 5.62. The van der Waals surface area contributed by atoms with Gasteiger partial charge in [-0.1, -0.05) is 38.1 Å². The summed E-state index contributed by atoms with van der Waals surface area (Å²) in [5.41, 5.74) is 8.63. The predicted octanol–water partition coefficient (Wildman–Crippen LogP) is 5.49. The molecule has 1 saturated heterocycles. The van der Waals surface area contributed by atoms with Crippen molar-refractivity contribution in [2.45, 2.75) is 32.7 Å². The number of likely N-dealkylation sites (tertiary alicyclic amines) is 1. The van der Waals surface area contributed by atoms with Crippen molar-refractivity contribution >= 4 is 22.8 Å². The van der Waals surface area contributed by atoms with E-state index in [-0.39, 0.29) is 23.6 Å². The van der Waals surface area contributed by atoms with Crippen LogP contribution in [0.15, 0.2) is 72.7 Å². The maximum absolute atomic E-state index is 13.1. The fraction of sp³-hybridized carbons (Fsp3) is 0.276. The summed E-state index contributed by atoms with van der Waals surface area (Å²) in [6.07, 6.45) is 4.78. The first-order valence-corrected chi connectivity index (χ1v) is 12.6. The van der Waals surface area contributed by atoms with Gasteiger partial charge in [-0.2, -0.15) is 5.10 Å². The van der Waals surface area contributed by atoms with Gasteiger partial charge in [0.1, 0.15) is 29.3 Å². The Bertz CT molecular complexity index is 1520. The van der Waals surface area contributed by atoms with Crippen LogP contribution in [0.3, 0.4) is 0 Å². The lowest BCUT2D eigenvalue weighted by molar-refractivity contribution is -0.128. The molecular formula is C29H29N7O2. The zero-order chi connectivity index (χ0) is 26.6. The lowest BCUT2D eigenvalue weighted by Crippen LogP contribution is -2.41. The summed E-state index contributed by atoms with van der Waals surface area (Å²) in [4.78, 5) is 27.1. The van der Waals surface area contributed by atoms with Crippen LogP contribution < -0.4 is 10.5 Å². The molecule has 9 heteroatoms. The summed E-state index contributed by atoms with van der Waals surface area (Å²) in [5.74, 6) is 1.69. The maximum Gasteiger partial charge on any atom is 0.252 e. The first-order chi connectivity index (χ1) is 18.4. The Kier molecular flexibility index (Phi) is 7.05. The molecule has 1 aliphatic heterocycles. The molecule has 2 aromatic heterocycles. The minimum absolute atomic E-state index is 0.107. The molecule has 0 radical (unpaired) electrons. The number of rotatable bonds is 6.